The number of ether oxygens (including phenoxy) is 1. The van der Waals surface area contributed by atoms with Crippen molar-refractivity contribution in [2.24, 2.45) is 5.73 Å². The monoisotopic (exact) mass is 417 g/mol. The van der Waals surface area contributed by atoms with Gasteiger partial charge in [-0.05, 0) is 24.3 Å². The van der Waals surface area contributed by atoms with E-state index in [0.29, 0.717) is 29.2 Å². The van der Waals surface area contributed by atoms with Crippen LogP contribution in [0.2, 0.25) is 0 Å². The van der Waals surface area contributed by atoms with Crippen LogP contribution in [0.5, 0.6) is 5.75 Å². The number of rotatable bonds is 3. The van der Waals surface area contributed by atoms with Crippen molar-refractivity contribution >= 4 is 23.1 Å². The van der Waals surface area contributed by atoms with Crippen LogP contribution in [0.1, 0.15) is 20.8 Å². The van der Waals surface area contributed by atoms with E-state index in [-0.39, 0.29) is 18.2 Å². The Balaban J connectivity index is 1.53. The molecule has 1 aliphatic rings. The normalized spacial score (nSPS) is 13.0. The summed E-state index contributed by atoms with van der Waals surface area (Å²) in [4.78, 5) is 34.6. The second kappa shape index (κ2) is 7.21. The van der Waals surface area contributed by atoms with Crippen LogP contribution in [0.15, 0.2) is 61.1 Å². The maximum atomic E-state index is 13.5. The molecule has 0 radical (unpaired) electrons. The van der Waals surface area contributed by atoms with Crippen LogP contribution in [-0.2, 0) is 0 Å². The first-order valence-electron chi connectivity index (χ1n) is 9.49. The number of primary amides is 1. The van der Waals surface area contributed by atoms with Gasteiger partial charge in [-0.15, -0.1) is 0 Å². The maximum Gasteiger partial charge on any atom is 0.278 e. The first-order valence-corrected chi connectivity index (χ1v) is 9.49. The number of benzene rings is 2. The van der Waals surface area contributed by atoms with Crippen molar-refractivity contribution in [3.8, 4) is 17.0 Å². The van der Waals surface area contributed by atoms with E-state index >= 15 is 0 Å². The van der Waals surface area contributed by atoms with Crippen molar-refractivity contribution in [1.82, 2.24) is 14.4 Å². The van der Waals surface area contributed by atoms with Gasteiger partial charge in [-0.2, -0.15) is 0 Å². The minimum atomic E-state index is -0.507. The van der Waals surface area contributed by atoms with Gasteiger partial charge >= 0.3 is 0 Å². The molecule has 2 aromatic heterocycles. The quantitative estimate of drug-likeness (QED) is 0.552. The van der Waals surface area contributed by atoms with Crippen molar-refractivity contribution in [3.05, 3.63) is 78.1 Å². The predicted octanol–water partition coefficient (Wildman–Crippen LogP) is 2.67. The molecule has 0 aliphatic carbocycles. The first-order chi connectivity index (χ1) is 15.0. The summed E-state index contributed by atoms with van der Waals surface area (Å²) in [5.41, 5.74) is 8.50. The number of imidazole rings is 1. The maximum absolute atomic E-state index is 13.5. The van der Waals surface area contributed by atoms with E-state index in [1.165, 1.54) is 29.3 Å². The predicted molar refractivity (Wildman–Crippen MR) is 111 cm³/mol. The number of anilines is 1. The molecule has 2 amide bonds. The van der Waals surface area contributed by atoms with Crippen LogP contribution in [0.4, 0.5) is 10.1 Å². The fraction of sp³-hybridized carbons (Fsp3) is 0.0909. The number of aromatic nitrogens is 3. The Bertz CT molecular complexity index is 1330. The zero-order valence-electron chi connectivity index (χ0n) is 16.2. The number of nitrogens with two attached hydrogens (primary N) is 1. The SMILES string of the molecule is NC(=O)c1ccc(-c2cnc3cnc(C(=O)N4CCOc5cc(F)ccc54)cn23)cc1. The molecule has 3 heterocycles. The van der Waals surface area contributed by atoms with Crippen LogP contribution in [0, 0.1) is 5.82 Å². The number of fused-ring (bicyclic) bond motifs is 2. The molecule has 0 fully saturated rings. The highest BCUT2D eigenvalue weighted by Crippen LogP contribution is 2.33. The van der Waals surface area contributed by atoms with Crippen molar-refractivity contribution < 1.29 is 18.7 Å². The molecule has 154 valence electrons. The number of hydrogen-bond acceptors (Lipinski definition) is 5. The summed E-state index contributed by atoms with van der Waals surface area (Å²) in [5, 5.41) is 0. The molecule has 0 unspecified atom stereocenters. The highest BCUT2D eigenvalue weighted by atomic mass is 19.1. The Labute approximate surface area is 175 Å². The Kier molecular flexibility index (Phi) is 4.36. The van der Waals surface area contributed by atoms with Gasteiger partial charge in [0.15, 0.2) is 5.65 Å². The van der Waals surface area contributed by atoms with E-state index in [0.717, 1.165) is 11.3 Å². The van der Waals surface area contributed by atoms with Gasteiger partial charge in [0.25, 0.3) is 5.91 Å². The van der Waals surface area contributed by atoms with Gasteiger partial charge in [-0.1, -0.05) is 12.1 Å². The number of carbonyl (C=O) groups is 2. The molecule has 5 rings (SSSR count). The van der Waals surface area contributed by atoms with Gasteiger partial charge in [-0.3, -0.25) is 14.0 Å². The van der Waals surface area contributed by atoms with Crippen LogP contribution < -0.4 is 15.4 Å². The molecule has 0 bridgehead atoms. The minimum Gasteiger partial charge on any atom is -0.489 e. The van der Waals surface area contributed by atoms with E-state index in [1.54, 1.807) is 41.1 Å². The summed E-state index contributed by atoms with van der Waals surface area (Å²) >= 11 is 0. The highest BCUT2D eigenvalue weighted by molar-refractivity contribution is 6.05. The molecule has 2 aromatic carbocycles. The number of hydrogen-bond donors (Lipinski definition) is 1. The molecule has 0 atom stereocenters. The van der Waals surface area contributed by atoms with Crippen LogP contribution in [0.3, 0.4) is 0 Å². The smallest absolute Gasteiger partial charge is 0.278 e. The summed E-state index contributed by atoms with van der Waals surface area (Å²) in [6.07, 6.45) is 4.79. The lowest BCUT2D eigenvalue weighted by atomic mass is 10.1. The first kappa shape index (κ1) is 18.7. The number of nitrogens with zero attached hydrogens (tertiary/aromatic N) is 4. The van der Waals surface area contributed by atoms with Gasteiger partial charge in [0.2, 0.25) is 5.91 Å². The lowest BCUT2D eigenvalue weighted by Gasteiger charge is -2.29. The molecule has 0 spiro atoms. The largest absolute Gasteiger partial charge is 0.489 e. The standard InChI is InChI=1S/C22H16FN5O3/c23-15-5-6-17-19(9-15)31-8-7-27(17)22(30)16-12-28-18(10-26-20(28)11-25-16)13-1-3-14(4-2-13)21(24)29/h1-6,9-12H,7-8H2,(H2,24,29). The average molecular weight is 417 g/mol. The zero-order chi connectivity index (χ0) is 21.5. The zero-order valence-corrected chi connectivity index (χ0v) is 16.2. The van der Waals surface area contributed by atoms with Crippen molar-refractivity contribution in [3.63, 3.8) is 0 Å². The van der Waals surface area contributed by atoms with Crippen LogP contribution >= 0.6 is 0 Å². The summed E-state index contributed by atoms with van der Waals surface area (Å²) in [7, 11) is 0. The number of amides is 2. The Hall–Kier alpha value is -4.27. The Morgan fingerprint density at radius 2 is 1.87 bits per heavy atom. The molecular weight excluding hydrogens is 401 g/mol. The van der Waals surface area contributed by atoms with Crippen LogP contribution in [-0.4, -0.2) is 39.3 Å². The summed E-state index contributed by atoms with van der Waals surface area (Å²) in [5.74, 6) is -0.953. The van der Waals surface area contributed by atoms with Gasteiger partial charge in [0.05, 0.1) is 30.3 Å². The fourth-order valence-electron chi connectivity index (χ4n) is 3.56. The molecule has 31 heavy (non-hydrogen) atoms. The van der Waals surface area contributed by atoms with Crippen molar-refractivity contribution in [1.29, 1.82) is 0 Å². The lowest BCUT2D eigenvalue weighted by Crippen LogP contribution is -2.38. The van der Waals surface area contributed by atoms with E-state index < -0.39 is 11.7 Å². The average Bonchev–Trinajstić information content (AvgIpc) is 3.21. The molecule has 0 saturated carbocycles. The topological polar surface area (TPSA) is 103 Å². The van der Waals surface area contributed by atoms with Gasteiger partial charge in [-0.25, -0.2) is 14.4 Å². The molecule has 2 N–H and O–H groups in total. The van der Waals surface area contributed by atoms with E-state index in [9.17, 15) is 14.0 Å². The lowest BCUT2D eigenvalue weighted by molar-refractivity contribution is 0.0969. The summed E-state index contributed by atoms with van der Waals surface area (Å²) in [6.45, 7) is 0.579. The molecule has 8 nitrogen and oxygen atoms in total. The van der Waals surface area contributed by atoms with Crippen molar-refractivity contribution in [2.45, 2.75) is 0 Å². The molecule has 1 aliphatic heterocycles. The van der Waals surface area contributed by atoms with Gasteiger partial charge in [0, 0.05) is 23.4 Å². The highest BCUT2D eigenvalue weighted by Gasteiger charge is 2.26. The minimum absolute atomic E-state index is 0.206. The summed E-state index contributed by atoms with van der Waals surface area (Å²) < 4.78 is 20.8. The summed E-state index contributed by atoms with van der Waals surface area (Å²) in [6, 6.07) is 10.9. The third-order valence-electron chi connectivity index (χ3n) is 5.11. The fourth-order valence-corrected chi connectivity index (χ4v) is 3.56. The Morgan fingerprint density at radius 1 is 1.06 bits per heavy atom. The molecule has 9 heteroatoms. The van der Waals surface area contributed by atoms with E-state index in [1.807, 2.05) is 0 Å². The van der Waals surface area contributed by atoms with E-state index in [2.05, 4.69) is 9.97 Å². The van der Waals surface area contributed by atoms with E-state index in [4.69, 9.17) is 10.5 Å². The van der Waals surface area contributed by atoms with Gasteiger partial charge < -0.3 is 15.4 Å². The Morgan fingerprint density at radius 3 is 2.65 bits per heavy atom. The second-order valence-electron chi connectivity index (χ2n) is 7.00. The molecular formula is C22H16FN5O3. The molecule has 0 saturated heterocycles. The van der Waals surface area contributed by atoms with Crippen molar-refractivity contribution in [2.75, 3.05) is 18.1 Å². The second-order valence-corrected chi connectivity index (χ2v) is 7.00. The van der Waals surface area contributed by atoms with Gasteiger partial charge in [0.1, 0.15) is 23.9 Å². The third-order valence-corrected chi connectivity index (χ3v) is 5.11. The number of halogens is 1. The third kappa shape index (κ3) is 3.25. The molecule has 4 aromatic rings. The number of carbonyl (C=O) groups excluding carboxylic acids is 2. The van der Waals surface area contributed by atoms with Crippen LogP contribution in [0.25, 0.3) is 16.9 Å².